The van der Waals surface area contributed by atoms with Crippen LogP contribution in [0.4, 0.5) is 0 Å². The molecule has 1 aromatic heterocycles. The minimum Gasteiger partial charge on any atom is -0.407 e. The van der Waals surface area contributed by atoms with E-state index < -0.39 is 0 Å². The summed E-state index contributed by atoms with van der Waals surface area (Å²) in [5, 5.41) is 13.2. The molecule has 1 heterocycles. The Morgan fingerprint density at radius 1 is 1.64 bits per heavy atom. The number of ether oxygens (including phenoxy) is 2. The van der Waals surface area contributed by atoms with Gasteiger partial charge in [0.25, 0.3) is 12.0 Å². The number of methoxy groups -OCH3 is 1. The molecule has 22 heavy (non-hydrogen) atoms. The molecule has 0 saturated heterocycles. The Balaban J connectivity index is 2.31. The summed E-state index contributed by atoms with van der Waals surface area (Å²) in [7, 11) is 1.63. The van der Waals surface area contributed by atoms with Crippen molar-refractivity contribution in [2.75, 3.05) is 13.7 Å². The summed E-state index contributed by atoms with van der Waals surface area (Å²) in [6.07, 6.45) is 6.21. The molecular weight excluding hydrogens is 302 g/mol. The first kappa shape index (κ1) is 16.9. The van der Waals surface area contributed by atoms with E-state index >= 15 is 0 Å². The van der Waals surface area contributed by atoms with E-state index in [1.54, 1.807) is 24.5 Å². The Kier molecular flexibility index (Phi) is 5.88. The van der Waals surface area contributed by atoms with Crippen LogP contribution in [0.3, 0.4) is 0 Å². The average molecular weight is 324 g/mol. The van der Waals surface area contributed by atoms with E-state index in [-0.39, 0.29) is 22.8 Å². The lowest BCUT2D eigenvalue weighted by molar-refractivity contribution is -0.375. The van der Waals surface area contributed by atoms with E-state index in [0.717, 1.165) is 10.4 Å². The normalized spacial score (nSPS) is 23.0. The van der Waals surface area contributed by atoms with Crippen molar-refractivity contribution in [2.45, 2.75) is 32.5 Å². The highest BCUT2D eigenvalue weighted by atomic mass is 32.1. The summed E-state index contributed by atoms with van der Waals surface area (Å²) in [6, 6.07) is 1.84. The van der Waals surface area contributed by atoms with Gasteiger partial charge < -0.3 is 9.47 Å². The van der Waals surface area contributed by atoms with Crippen molar-refractivity contribution in [1.82, 2.24) is 0 Å². The van der Waals surface area contributed by atoms with Crippen LogP contribution in [0, 0.1) is 16.0 Å². The number of thiophene rings is 1. The Morgan fingerprint density at radius 2 is 2.41 bits per heavy atom. The van der Waals surface area contributed by atoms with Crippen molar-refractivity contribution >= 4 is 17.0 Å². The third-order valence-electron chi connectivity index (χ3n) is 3.85. The molecule has 0 spiro atoms. The quantitative estimate of drug-likeness (QED) is 0.264. The first-order valence-corrected chi connectivity index (χ1v) is 8.26. The van der Waals surface area contributed by atoms with Gasteiger partial charge in [-0.25, -0.2) is 0 Å². The summed E-state index contributed by atoms with van der Waals surface area (Å²) in [6.45, 7) is 4.79. The number of rotatable bonds is 6. The molecule has 0 aliphatic heterocycles. The van der Waals surface area contributed by atoms with Crippen molar-refractivity contribution in [3.05, 3.63) is 50.2 Å². The van der Waals surface area contributed by atoms with Crippen LogP contribution < -0.4 is 0 Å². The molecule has 3 atom stereocenters. The fraction of sp³-hybridized carbons (Fsp3) is 0.500. The predicted molar refractivity (Wildman–Crippen MR) is 88.5 cm³/mol. The molecular formula is C16H22NO4S+. The summed E-state index contributed by atoms with van der Waals surface area (Å²) < 4.78 is 9.64. The molecule has 1 aliphatic rings. The predicted octanol–water partition coefficient (Wildman–Crippen LogP) is 3.57. The fourth-order valence-corrected chi connectivity index (χ4v) is 3.78. The van der Waals surface area contributed by atoms with Gasteiger partial charge in [-0.3, -0.25) is 10.1 Å². The molecule has 2 rings (SSSR count). The van der Waals surface area contributed by atoms with Crippen LogP contribution in [0.15, 0.2) is 29.7 Å². The minimum absolute atomic E-state index is 0.147. The summed E-state index contributed by atoms with van der Waals surface area (Å²) in [4.78, 5) is 12.0. The second-order valence-electron chi connectivity index (χ2n) is 5.29. The van der Waals surface area contributed by atoms with Gasteiger partial charge >= 0.3 is 0 Å². The standard InChI is InChI=1S/C16H21NO4S/c1-4-21-15(20-3)8-6-12-11(2)5-7-14(17(18)19)13-9-10-22-16(12)13/h6-12,15H,4-5H2,1-3H3/p+1/b8-6+. The lowest BCUT2D eigenvalue weighted by Crippen LogP contribution is -2.17. The molecule has 1 N–H and O–H groups in total. The molecule has 1 aromatic rings. The second kappa shape index (κ2) is 7.67. The van der Waals surface area contributed by atoms with Crippen LogP contribution in [0.25, 0.3) is 5.70 Å². The van der Waals surface area contributed by atoms with Crippen molar-refractivity contribution < 1.29 is 14.4 Å². The maximum absolute atomic E-state index is 11.3. The van der Waals surface area contributed by atoms with Gasteiger partial charge in [0.2, 0.25) is 0 Å². The van der Waals surface area contributed by atoms with Gasteiger partial charge in [-0.05, 0) is 29.9 Å². The summed E-state index contributed by atoms with van der Waals surface area (Å²) in [5.74, 6) is 0.443. The second-order valence-corrected chi connectivity index (χ2v) is 6.24. The molecule has 6 heteroatoms. The maximum Gasteiger partial charge on any atom is 0.284 e. The molecule has 1 aliphatic carbocycles. The topological polar surface area (TPSA) is 65.2 Å². The first-order chi connectivity index (χ1) is 10.6. The Hall–Kier alpha value is -1.50. The number of nitro groups is 1. The molecule has 0 bridgehead atoms. The lowest BCUT2D eigenvalue weighted by Gasteiger charge is -2.18. The molecule has 0 saturated carbocycles. The van der Waals surface area contributed by atoms with Gasteiger partial charge in [0.05, 0.1) is 10.5 Å². The molecule has 0 aromatic carbocycles. The Bertz CT molecular complexity index is 578. The SMILES string of the molecule is CC[OH+]C(/C=C/C1c2sccc2C([N+](=O)[O-])=CCC1C)OC. The lowest BCUT2D eigenvalue weighted by atomic mass is 9.90. The molecule has 0 fully saturated rings. The van der Waals surface area contributed by atoms with E-state index in [1.165, 1.54) is 0 Å². The first-order valence-electron chi connectivity index (χ1n) is 7.38. The average Bonchev–Trinajstić information content (AvgIpc) is 2.90. The van der Waals surface area contributed by atoms with E-state index in [0.29, 0.717) is 18.9 Å². The number of aliphatic hydroxyl groups is 2. The highest BCUT2D eigenvalue weighted by Crippen LogP contribution is 2.41. The van der Waals surface area contributed by atoms with Crippen molar-refractivity contribution in [3.63, 3.8) is 0 Å². The molecule has 0 radical (unpaired) electrons. The molecule has 0 amide bonds. The summed E-state index contributed by atoms with van der Waals surface area (Å²) in [5.41, 5.74) is 0.968. The minimum atomic E-state index is -0.283. The van der Waals surface area contributed by atoms with Crippen LogP contribution in [0.5, 0.6) is 0 Å². The van der Waals surface area contributed by atoms with Gasteiger partial charge in [0.15, 0.2) is 0 Å². The molecule has 5 nitrogen and oxygen atoms in total. The zero-order valence-corrected chi connectivity index (χ0v) is 13.9. The fourth-order valence-electron chi connectivity index (χ4n) is 2.66. The maximum atomic E-state index is 11.3. The third kappa shape index (κ3) is 3.63. The van der Waals surface area contributed by atoms with Gasteiger partial charge in [-0.2, -0.15) is 0 Å². The summed E-state index contributed by atoms with van der Waals surface area (Å²) >= 11 is 1.58. The van der Waals surface area contributed by atoms with Crippen LogP contribution in [0.1, 0.15) is 36.6 Å². The zero-order valence-electron chi connectivity index (χ0n) is 13.1. The smallest absolute Gasteiger partial charge is 0.284 e. The number of fused-ring (bicyclic) bond motifs is 1. The monoisotopic (exact) mass is 324 g/mol. The van der Waals surface area contributed by atoms with Crippen molar-refractivity contribution in [2.24, 2.45) is 5.92 Å². The van der Waals surface area contributed by atoms with Gasteiger partial charge in [-0.1, -0.05) is 13.0 Å². The van der Waals surface area contributed by atoms with Gasteiger partial charge in [-0.15, -0.1) is 11.3 Å². The number of hydrogen-bond acceptors (Lipinski definition) is 4. The number of hydrogen-bond donors (Lipinski definition) is 0. The van der Waals surface area contributed by atoms with Crippen molar-refractivity contribution in [3.8, 4) is 0 Å². The van der Waals surface area contributed by atoms with E-state index in [1.807, 2.05) is 24.4 Å². The highest BCUT2D eigenvalue weighted by Gasteiger charge is 2.30. The van der Waals surface area contributed by atoms with E-state index in [4.69, 9.17) is 4.74 Å². The number of allylic oxidation sites excluding steroid dienone is 2. The van der Waals surface area contributed by atoms with Crippen LogP contribution in [-0.4, -0.2) is 29.7 Å². The molecule has 120 valence electrons. The van der Waals surface area contributed by atoms with E-state index in [2.05, 4.69) is 17.7 Å². The van der Waals surface area contributed by atoms with E-state index in [9.17, 15) is 10.1 Å². The third-order valence-corrected chi connectivity index (χ3v) is 4.87. The highest BCUT2D eigenvalue weighted by molar-refractivity contribution is 7.10. The Morgan fingerprint density at radius 3 is 3.05 bits per heavy atom. The largest absolute Gasteiger partial charge is 0.407 e. The number of nitrogens with zero attached hydrogens (tertiary/aromatic N) is 1. The Labute approximate surface area is 134 Å². The molecule has 3 unspecified atom stereocenters. The van der Waals surface area contributed by atoms with Crippen molar-refractivity contribution in [1.29, 1.82) is 0 Å². The zero-order chi connectivity index (χ0) is 16.1. The van der Waals surface area contributed by atoms with Crippen LogP contribution in [-0.2, 0) is 4.74 Å². The van der Waals surface area contributed by atoms with Gasteiger partial charge in [0.1, 0.15) is 6.61 Å². The van der Waals surface area contributed by atoms with Crippen LogP contribution >= 0.6 is 11.3 Å². The van der Waals surface area contributed by atoms with Crippen LogP contribution in [0.2, 0.25) is 0 Å². The van der Waals surface area contributed by atoms with Gasteiger partial charge in [0, 0.05) is 30.9 Å².